The van der Waals surface area contributed by atoms with E-state index in [-0.39, 0.29) is 24.3 Å². The molecule has 0 aromatic heterocycles. The molecular weight excluding hydrogens is 372 g/mol. The summed E-state index contributed by atoms with van der Waals surface area (Å²) in [5.74, 6) is -3.11. The molecule has 0 spiro atoms. The highest BCUT2D eigenvalue weighted by Crippen LogP contribution is 2.32. The van der Waals surface area contributed by atoms with Crippen molar-refractivity contribution in [3.8, 4) is 11.5 Å². The third-order valence-corrected chi connectivity index (χ3v) is 4.07. The molecule has 0 aliphatic rings. The number of carbonyl (C=O) groups excluding carboxylic acids is 1. The number of methoxy groups -OCH3 is 1. The maximum atomic E-state index is 12.7. The predicted octanol–water partition coefficient (Wildman–Crippen LogP) is 3.28. The number of rotatable bonds is 9. The summed E-state index contributed by atoms with van der Waals surface area (Å²) in [4.78, 5) is 24.0. The van der Waals surface area contributed by atoms with E-state index >= 15 is 0 Å². The van der Waals surface area contributed by atoms with Crippen molar-refractivity contribution in [2.45, 2.75) is 20.0 Å². The third kappa shape index (κ3) is 5.67. The number of aryl methyl sites for hydroxylation is 1. The fraction of sp³-hybridized carbons (Fsp3) is 0.300. The first-order valence-corrected chi connectivity index (χ1v) is 8.50. The normalized spacial score (nSPS) is 11.8. The summed E-state index contributed by atoms with van der Waals surface area (Å²) < 4.78 is 34.8. The molecule has 0 bridgehead atoms. The molecule has 2 aromatic rings. The number of hydrogen-bond acceptors (Lipinski definition) is 4. The Morgan fingerprint density at radius 3 is 2.50 bits per heavy atom. The number of amides is 1. The highest BCUT2D eigenvalue weighted by Gasteiger charge is 2.23. The van der Waals surface area contributed by atoms with Gasteiger partial charge in [-0.1, -0.05) is 35.9 Å². The summed E-state index contributed by atoms with van der Waals surface area (Å²) >= 11 is 0. The first kappa shape index (κ1) is 21.1. The molecule has 1 atom stereocenters. The molecule has 0 aliphatic heterocycles. The van der Waals surface area contributed by atoms with Crippen LogP contribution < -0.4 is 14.8 Å². The number of carboxylic acid groups (broad SMARTS) is 1. The largest absolute Gasteiger partial charge is 0.493 e. The molecule has 0 saturated heterocycles. The van der Waals surface area contributed by atoms with E-state index in [1.807, 2.05) is 25.1 Å². The van der Waals surface area contributed by atoms with Gasteiger partial charge < -0.3 is 19.9 Å². The van der Waals surface area contributed by atoms with E-state index < -0.39 is 30.2 Å². The van der Waals surface area contributed by atoms with Crippen LogP contribution in [0.4, 0.5) is 8.78 Å². The van der Waals surface area contributed by atoms with Gasteiger partial charge in [0.15, 0.2) is 11.5 Å². The third-order valence-electron chi connectivity index (χ3n) is 4.07. The van der Waals surface area contributed by atoms with Crippen molar-refractivity contribution in [3.05, 3.63) is 59.2 Å². The van der Waals surface area contributed by atoms with Gasteiger partial charge in [0.1, 0.15) is 0 Å². The van der Waals surface area contributed by atoms with Crippen molar-refractivity contribution < 1.29 is 33.0 Å². The highest BCUT2D eigenvalue weighted by atomic mass is 19.3. The lowest BCUT2D eigenvalue weighted by Gasteiger charge is -2.16. The summed E-state index contributed by atoms with van der Waals surface area (Å²) in [7, 11) is 1.26. The van der Waals surface area contributed by atoms with Gasteiger partial charge in [0.05, 0.1) is 18.6 Å². The number of benzene rings is 2. The van der Waals surface area contributed by atoms with Crippen molar-refractivity contribution in [2.75, 3.05) is 13.7 Å². The molecule has 6 nitrogen and oxygen atoms in total. The molecule has 2 rings (SSSR count). The lowest BCUT2D eigenvalue weighted by Crippen LogP contribution is -2.34. The fourth-order valence-corrected chi connectivity index (χ4v) is 2.75. The number of carbonyl (C=O) groups is 2. The molecule has 0 fully saturated rings. The van der Waals surface area contributed by atoms with E-state index in [9.17, 15) is 23.5 Å². The van der Waals surface area contributed by atoms with Crippen LogP contribution in [0.2, 0.25) is 0 Å². The number of halogens is 2. The van der Waals surface area contributed by atoms with E-state index in [0.29, 0.717) is 0 Å². The van der Waals surface area contributed by atoms with Crippen LogP contribution in [0, 0.1) is 12.8 Å². The van der Waals surface area contributed by atoms with Crippen molar-refractivity contribution in [3.63, 3.8) is 0 Å². The summed E-state index contributed by atoms with van der Waals surface area (Å²) in [6.07, 6.45) is 0.218. The Hall–Kier alpha value is -3.16. The summed E-state index contributed by atoms with van der Waals surface area (Å²) in [5, 5.41) is 11.9. The Balaban J connectivity index is 2.14. The van der Waals surface area contributed by atoms with Crippen molar-refractivity contribution in [1.29, 1.82) is 0 Å². The summed E-state index contributed by atoms with van der Waals surface area (Å²) in [6, 6.07) is 11.5. The molecule has 0 saturated carbocycles. The van der Waals surface area contributed by atoms with Crippen LogP contribution in [0.3, 0.4) is 0 Å². The monoisotopic (exact) mass is 393 g/mol. The Bertz CT molecular complexity index is 841. The van der Waals surface area contributed by atoms with Crippen LogP contribution in [-0.2, 0) is 11.2 Å². The second-order valence-corrected chi connectivity index (χ2v) is 6.15. The summed E-state index contributed by atoms with van der Waals surface area (Å²) in [5.41, 5.74) is 1.65. The van der Waals surface area contributed by atoms with E-state index in [1.165, 1.54) is 25.3 Å². The minimum absolute atomic E-state index is 0.0255. The molecule has 0 heterocycles. The van der Waals surface area contributed by atoms with Crippen LogP contribution in [0.25, 0.3) is 0 Å². The van der Waals surface area contributed by atoms with E-state index in [1.54, 1.807) is 6.07 Å². The molecule has 8 heteroatoms. The van der Waals surface area contributed by atoms with Crippen molar-refractivity contribution in [1.82, 2.24) is 5.32 Å². The van der Waals surface area contributed by atoms with Gasteiger partial charge in [-0.2, -0.15) is 8.78 Å². The van der Waals surface area contributed by atoms with Gasteiger partial charge in [0, 0.05) is 6.54 Å². The second kappa shape index (κ2) is 9.68. The molecule has 0 radical (unpaired) electrons. The number of alkyl halides is 2. The molecule has 2 N–H and O–H groups in total. The minimum atomic E-state index is -3.14. The average molecular weight is 393 g/mol. The molecule has 28 heavy (non-hydrogen) atoms. The first-order chi connectivity index (χ1) is 13.3. The van der Waals surface area contributed by atoms with Gasteiger partial charge in [-0.3, -0.25) is 9.59 Å². The van der Waals surface area contributed by atoms with Crippen LogP contribution in [-0.4, -0.2) is 37.2 Å². The van der Waals surface area contributed by atoms with Gasteiger partial charge in [-0.15, -0.1) is 0 Å². The van der Waals surface area contributed by atoms with Gasteiger partial charge in [0.25, 0.3) is 5.91 Å². The second-order valence-electron chi connectivity index (χ2n) is 6.15. The topological polar surface area (TPSA) is 84.9 Å². The van der Waals surface area contributed by atoms with Gasteiger partial charge in [-0.25, -0.2) is 0 Å². The fourth-order valence-electron chi connectivity index (χ4n) is 2.75. The zero-order valence-electron chi connectivity index (χ0n) is 15.4. The number of carboxylic acids is 1. The van der Waals surface area contributed by atoms with Crippen LogP contribution >= 0.6 is 0 Å². The molecule has 1 unspecified atom stereocenters. The van der Waals surface area contributed by atoms with E-state index in [2.05, 4.69) is 10.1 Å². The number of nitrogens with one attached hydrogen (secondary N) is 1. The van der Waals surface area contributed by atoms with Crippen molar-refractivity contribution in [2.24, 2.45) is 5.92 Å². The Labute approximate surface area is 161 Å². The molecular formula is C20H21F2NO5. The lowest BCUT2D eigenvalue weighted by atomic mass is 9.98. The zero-order valence-corrected chi connectivity index (χ0v) is 15.4. The Kier molecular flexibility index (Phi) is 7.31. The average Bonchev–Trinajstić information content (AvgIpc) is 2.64. The highest BCUT2D eigenvalue weighted by molar-refractivity contribution is 5.98. The SMILES string of the molecule is COc1cccc(C(=O)NCC(Cc2cccc(C)c2)C(=O)O)c1OC(F)F. The van der Waals surface area contributed by atoms with Gasteiger partial charge in [0.2, 0.25) is 0 Å². The lowest BCUT2D eigenvalue weighted by molar-refractivity contribution is -0.141. The van der Waals surface area contributed by atoms with Gasteiger partial charge >= 0.3 is 12.6 Å². The molecule has 2 aromatic carbocycles. The zero-order chi connectivity index (χ0) is 20.7. The first-order valence-electron chi connectivity index (χ1n) is 8.50. The number of aliphatic carboxylic acids is 1. The van der Waals surface area contributed by atoms with Gasteiger partial charge in [-0.05, 0) is 31.0 Å². The number of para-hydroxylation sites is 1. The smallest absolute Gasteiger partial charge is 0.387 e. The molecule has 1 amide bonds. The van der Waals surface area contributed by atoms with E-state index in [0.717, 1.165) is 11.1 Å². The Morgan fingerprint density at radius 2 is 1.89 bits per heavy atom. The maximum absolute atomic E-state index is 12.7. The van der Waals surface area contributed by atoms with Crippen molar-refractivity contribution >= 4 is 11.9 Å². The van der Waals surface area contributed by atoms with Crippen LogP contribution in [0.5, 0.6) is 11.5 Å². The van der Waals surface area contributed by atoms with Crippen LogP contribution in [0.1, 0.15) is 21.5 Å². The minimum Gasteiger partial charge on any atom is -0.493 e. The standard InChI is InChI=1S/C20H21F2NO5/c1-12-5-3-6-13(9-12)10-14(19(25)26)11-23-18(24)15-7-4-8-16(27-2)17(15)28-20(21)22/h3-9,14,20H,10-11H2,1-2H3,(H,23,24)(H,25,26). The molecule has 0 aliphatic carbocycles. The Morgan fingerprint density at radius 1 is 1.18 bits per heavy atom. The predicted molar refractivity (Wildman–Crippen MR) is 98.0 cm³/mol. The molecule has 150 valence electrons. The summed E-state index contributed by atoms with van der Waals surface area (Å²) in [6.45, 7) is -1.42. The number of hydrogen-bond donors (Lipinski definition) is 2. The number of ether oxygens (including phenoxy) is 2. The maximum Gasteiger partial charge on any atom is 0.387 e. The quantitative estimate of drug-likeness (QED) is 0.683. The van der Waals surface area contributed by atoms with Crippen LogP contribution in [0.15, 0.2) is 42.5 Å². The van der Waals surface area contributed by atoms with E-state index in [4.69, 9.17) is 4.74 Å².